The van der Waals surface area contributed by atoms with Crippen LogP contribution in [0.5, 0.6) is 0 Å². The lowest BCUT2D eigenvalue weighted by Crippen LogP contribution is -2.58. The van der Waals surface area contributed by atoms with Crippen LogP contribution in [0, 0.1) is 5.92 Å². The highest BCUT2D eigenvalue weighted by Gasteiger charge is 2.41. The van der Waals surface area contributed by atoms with E-state index in [0.717, 1.165) is 49.7 Å². The van der Waals surface area contributed by atoms with Gasteiger partial charge in [0.25, 0.3) is 0 Å². The third kappa shape index (κ3) is 6.75. The van der Waals surface area contributed by atoms with Gasteiger partial charge < -0.3 is 15.5 Å². The molecule has 0 radical (unpaired) electrons. The number of hydrogen-bond donors (Lipinski definition) is 3. The number of carbonyl (C=O) groups is 3. The molecule has 204 valence electrons. The molecule has 0 aromatic heterocycles. The molecule has 38 heavy (non-hydrogen) atoms. The standard InChI is InChI=1S/C30H39ClN4O3/c1-2-24(34-31)28(36)33-27(23-17-10-5-11-18-23)30(38)35-20-12-19-25(35)29(37)32-26(21-13-6-3-7-14-21)22-15-8-4-9-16-22/h3-4,6-9,13-16,23-27,34H,2,5,10-12,17-20H2,1H3,(H,32,37)(H,33,36). The Morgan fingerprint density at radius 1 is 0.868 bits per heavy atom. The van der Waals surface area contributed by atoms with E-state index in [-0.39, 0.29) is 29.7 Å². The Labute approximate surface area is 230 Å². The van der Waals surface area contributed by atoms with Crippen LogP contribution in [-0.4, -0.2) is 47.3 Å². The second kappa shape index (κ2) is 13.8. The van der Waals surface area contributed by atoms with Gasteiger partial charge in [-0.2, -0.15) is 0 Å². The molecule has 0 bridgehead atoms. The highest BCUT2D eigenvalue weighted by molar-refractivity contribution is 6.15. The molecule has 3 unspecified atom stereocenters. The normalized spacial score (nSPS) is 19.7. The van der Waals surface area contributed by atoms with Crippen molar-refractivity contribution < 1.29 is 14.4 Å². The maximum atomic E-state index is 14.0. The monoisotopic (exact) mass is 538 g/mol. The number of carbonyl (C=O) groups excluding carboxylic acids is 3. The fourth-order valence-corrected chi connectivity index (χ4v) is 6.04. The van der Waals surface area contributed by atoms with Gasteiger partial charge in [0.2, 0.25) is 17.7 Å². The van der Waals surface area contributed by atoms with Crippen molar-refractivity contribution in [2.24, 2.45) is 5.92 Å². The van der Waals surface area contributed by atoms with Crippen molar-refractivity contribution >= 4 is 29.5 Å². The van der Waals surface area contributed by atoms with Gasteiger partial charge in [0.15, 0.2) is 0 Å². The Kier molecular flexibility index (Phi) is 10.2. The van der Waals surface area contributed by atoms with Gasteiger partial charge in [-0.05, 0) is 60.9 Å². The number of likely N-dealkylation sites (tertiary alicyclic amines) is 1. The quantitative estimate of drug-likeness (QED) is 0.389. The summed E-state index contributed by atoms with van der Waals surface area (Å²) in [5, 5.41) is 6.23. The van der Waals surface area contributed by atoms with Gasteiger partial charge >= 0.3 is 0 Å². The summed E-state index contributed by atoms with van der Waals surface area (Å²) in [6, 6.07) is 17.6. The van der Waals surface area contributed by atoms with Crippen LogP contribution in [0.2, 0.25) is 0 Å². The zero-order chi connectivity index (χ0) is 26.9. The van der Waals surface area contributed by atoms with Crippen molar-refractivity contribution in [2.45, 2.75) is 82.5 Å². The molecule has 0 spiro atoms. The molecule has 1 aliphatic carbocycles. The van der Waals surface area contributed by atoms with Gasteiger partial charge in [-0.15, -0.1) is 0 Å². The molecule has 1 saturated carbocycles. The number of rotatable bonds is 10. The minimum Gasteiger partial charge on any atom is -0.343 e. The minimum atomic E-state index is -0.658. The molecular formula is C30H39ClN4O3. The van der Waals surface area contributed by atoms with Crippen LogP contribution in [-0.2, 0) is 14.4 Å². The van der Waals surface area contributed by atoms with Crippen LogP contribution in [0.15, 0.2) is 60.7 Å². The van der Waals surface area contributed by atoms with Crippen LogP contribution >= 0.6 is 11.8 Å². The molecule has 1 aliphatic heterocycles. The van der Waals surface area contributed by atoms with E-state index in [2.05, 4.69) is 15.5 Å². The smallest absolute Gasteiger partial charge is 0.246 e. The summed E-state index contributed by atoms with van der Waals surface area (Å²) >= 11 is 5.79. The molecule has 2 aromatic carbocycles. The van der Waals surface area contributed by atoms with Crippen LogP contribution in [0.3, 0.4) is 0 Å². The van der Waals surface area contributed by atoms with Crippen molar-refractivity contribution in [1.29, 1.82) is 0 Å². The first-order valence-corrected chi connectivity index (χ1v) is 14.3. The predicted molar refractivity (Wildman–Crippen MR) is 149 cm³/mol. The molecule has 1 heterocycles. The molecule has 2 aliphatic rings. The van der Waals surface area contributed by atoms with Crippen LogP contribution in [0.25, 0.3) is 0 Å². The lowest BCUT2D eigenvalue weighted by atomic mass is 9.83. The van der Waals surface area contributed by atoms with Gasteiger partial charge in [-0.3, -0.25) is 14.4 Å². The van der Waals surface area contributed by atoms with E-state index in [9.17, 15) is 14.4 Å². The Morgan fingerprint density at radius 3 is 2.03 bits per heavy atom. The van der Waals surface area contributed by atoms with Crippen LogP contribution < -0.4 is 15.5 Å². The highest BCUT2D eigenvalue weighted by atomic mass is 35.5. The van der Waals surface area contributed by atoms with Gasteiger partial charge in [-0.25, -0.2) is 4.84 Å². The van der Waals surface area contributed by atoms with E-state index >= 15 is 0 Å². The summed E-state index contributed by atoms with van der Waals surface area (Å²) in [6.45, 7) is 2.37. The van der Waals surface area contributed by atoms with E-state index in [1.807, 2.05) is 67.6 Å². The molecule has 2 aromatic rings. The summed E-state index contributed by atoms with van der Waals surface area (Å²) in [5.41, 5.74) is 1.96. The topological polar surface area (TPSA) is 90.5 Å². The van der Waals surface area contributed by atoms with Crippen molar-refractivity contribution in [3.63, 3.8) is 0 Å². The number of amides is 3. The van der Waals surface area contributed by atoms with E-state index < -0.39 is 18.1 Å². The second-order valence-electron chi connectivity index (χ2n) is 10.4. The fourth-order valence-electron chi connectivity index (χ4n) is 5.78. The van der Waals surface area contributed by atoms with E-state index in [0.29, 0.717) is 19.4 Å². The molecular weight excluding hydrogens is 500 g/mol. The number of benzene rings is 2. The van der Waals surface area contributed by atoms with Crippen molar-refractivity contribution in [3.8, 4) is 0 Å². The molecule has 3 N–H and O–H groups in total. The van der Waals surface area contributed by atoms with Crippen molar-refractivity contribution in [2.75, 3.05) is 6.54 Å². The van der Waals surface area contributed by atoms with Gasteiger partial charge in [0, 0.05) is 6.54 Å². The van der Waals surface area contributed by atoms with E-state index in [1.54, 1.807) is 4.90 Å². The van der Waals surface area contributed by atoms with Gasteiger partial charge in [0.05, 0.1) is 6.04 Å². The maximum Gasteiger partial charge on any atom is 0.246 e. The highest BCUT2D eigenvalue weighted by Crippen LogP contribution is 2.30. The average Bonchev–Trinajstić information content (AvgIpc) is 3.46. The third-order valence-corrected chi connectivity index (χ3v) is 8.20. The third-order valence-electron chi connectivity index (χ3n) is 7.93. The zero-order valence-electron chi connectivity index (χ0n) is 22.1. The van der Waals surface area contributed by atoms with Crippen LogP contribution in [0.4, 0.5) is 0 Å². The Balaban J connectivity index is 1.54. The molecule has 1 saturated heterocycles. The number of halogens is 1. The Morgan fingerprint density at radius 2 is 1.47 bits per heavy atom. The molecule has 3 amide bonds. The Bertz CT molecular complexity index is 1020. The number of nitrogens with zero attached hydrogens (tertiary/aromatic N) is 1. The summed E-state index contributed by atoms with van der Waals surface area (Å²) < 4.78 is 0. The number of hydrogen-bond acceptors (Lipinski definition) is 4. The first-order valence-electron chi connectivity index (χ1n) is 13.9. The largest absolute Gasteiger partial charge is 0.343 e. The molecule has 8 heteroatoms. The van der Waals surface area contributed by atoms with Gasteiger partial charge in [-0.1, -0.05) is 86.8 Å². The lowest BCUT2D eigenvalue weighted by Gasteiger charge is -2.35. The van der Waals surface area contributed by atoms with Crippen molar-refractivity contribution in [1.82, 2.24) is 20.4 Å². The summed E-state index contributed by atoms with van der Waals surface area (Å²) in [6.07, 6.45) is 6.84. The second-order valence-corrected chi connectivity index (χ2v) is 10.6. The minimum absolute atomic E-state index is 0.0544. The summed E-state index contributed by atoms with van der Waals surface area (Å²) in [5.74, 6) is -0.557. The van der Waals surface area contributed by atoms with Gasteiger partial charge in [0.1, 0.15) is 18.1 Å². The zero-order valence-corrected chi connectivity index (χ0v) is 22.8. The first-order chi connectivity index (χ1) is 18.5. The molecule has 7 nitrogen and oxygen atoms in total. The molecule has 3 atom stereocenters. The lowest BCUT2D eigenvalue weighted by molar-refractivity contribution is -0.143. The van der Waals surface area contributed by atoms with Crippen molar-refractivity contribution in [3.05, 3.63) is 71.8 Å². The SMILES string of the molecule is CCC(NCl)C(=O)NC(C(=O)N1CCCC1C(=O)NC(c1ccccc1)c1ccccc1)C1CCCCC1. The summed E-state index contributed by atoms with van der Waals surface area (Å²) in [4.78, 5) is 44.9. The first kappa shape index (κ1) is 28.1. The predicted octanol–water partition coefficient (Wildman–Crippen LogP) is 4.47. The summed E-state index contributed by atoms with van der Waals surface area (Å²) in [7, 11) is 0. The number of nitrogens with one attached hydrogen (secondary N) is 3. The Hall–Kier alpha value is -2.90. The molecule has 4 rings (SSSR count). The van der Waals surface area contributed by atoms with Crippen LogP contribution in [0.1, 0.15) is 75.5 Å². The fraction of sp³-hybridized carbons (Fsp3) is 0.500. The van der Waals surface area contributed by atoms with E-state index in [1.165, 1.54) is 0 Å². The molecule has 2 fully saturated rings. The maximum absolute atomic E-state index is 14.0. The van der Waals surface area contributed by atoms with E-state index in [4.69, 9.17) is 11.8 Å². The average molecular weight is 539 g/mol.